The molecular formula is C8H5NO2S. The maximum absolute atomic E-state index is 10.3. The average molecular weight is 179 g/mol. The summed E-state index contributed by atoms with van der Waals surface area (Å²) in [5, 5.41) is 0. The average Bonchev–Trinajstić information content (AvgIpc) is 2.75. The van der Waals surface area contributed by atoms with Crippen LogP contribution < -0.4 is 0 Å². The molecule has 4 heteroatoms. The van der Waals surface area contributed by atoms with Gasteiger partial charge in [-0.05, 0) is 12.1 Å². The van der Waals surface area contributed by atoms with Crippen LogP contribution in [0.4, 0.5) is 0 Å². The maximum atomic E-state index is 10.3. The standard InChI is InChI=1S/C8H5NO2S/c10-4-6-1-2-7(11-6)8-3-9-5-12-8/h1-5H. The highest BCUT2D eigenvalue weighted by atomic mass is 32.1. The Bertz CT molecular complexity index is 377. The van der Waals surface area contributed by atoms with Crippen LogP contribution in [-0.4, -0.2) is 11.3 Å². The normalized spacial score (nSPS) is 10.0. The number of carbonyl (C=O) groups excluding carboxylic acids is 1. The highest BCUT2D eigenvalue weighted by Crippen LogP contribution is 2.24. The van der Waals surface area contributed by atoms with Crippen molar-refractivity contribution in [1.82, 2.24) is 4.98 Å². The molecule has 0 radical (unpaired) electrons. The van der Waals surface area contributed by atoms with E-state index in [2.05, 4.69) is 4.98 Å². The summed E-state index contributed by atoms with van der Waals surface area (Å²) in [5.41, 5.74) is 1.72. The summed E-state index contributed by atoms with van der Waals surface area (Å²) in [6, 6.07) is 3.40. The van der Waals surface area contributed by atoms with E-state index in [1.165, 1.54) is 11.3 Å². The lowest BCUT2D eigenvalue weighted by atomic mass is 10.4. The van der Waals surface area contributed by atoms with Crippen molar-refractivity contribution < 1.29 is 9.21 Å². The number of aldehydes is 1. The summed E-state index contributed by atoms with van der Waals surface area (Å²) >= 11 is 1.48. The second-order valence-corrected chi connectivity index (χ2v) is 3.07. The Morgan fingerprint density at radius 2 is 2.42 bits per heavy atom. The molecule has 0 fully saturated rings. The third-order valence-electron chi connectivity index (χ3n) is 1.42. The van der Waals surface area contributed by atoms with E-state index >= 15 is 0 Å². The van der Waals surface area contributed by atoms with Crippen molar-refractivity contribution in [2.24, 2.45) is 0 Å². The quantitative estimate of drug-likeness (QED) is 0.664. The summed E-state index contributed by atoms with van der Waals surface area (Å²) in [6.07, 6.45) is 2.39. The van der Waals surface area contributed by atoms with E-state index < -0.39 is 0 Å². The Hall–Kier alpha value is -1.42. The van der Waals surface area contributed by atoms with Gasteiger partial charge >= 0.3 is 0 Å². The fourth-order valence-electron chi connectivity index (χ4n) is 0.886. The van der Waals surface area contributed by atoms with E-state index in [9.17, 15) is 4.79 Å². The van der Waals surface area contributed by atoms with Crippen LogP contribution in [0.3, 0.4) is 0 Å². The van der Waals surface area contributed by atoms with E-state index in [0.29, 0.717) is 17.8 Å². The number of aromatic nitrogens is 1. The van der Waals surface area contributed by atoms with Crippen molar-refractivity contribution in [3.8, 4) is 10.6 Å². The van der Waals surface area contributed by atoms with Gasteiger partial charge in [-0.1, -0.05) is 0 Å². The third-order valence-corrected chi connectivity index (χ3v) is 2.21. The van der Waals surface area contributed by atoms with E-state index in [-0.39, 0.29) is 0 Å². The fraction of sp³-hybridized carbons (Fsp3) is 0. The first-order chi connectivity index (χ1) is 5.90. The molecule has 0 bridgehead atoms. The van der Waals surface area contributed by atoms with Gasteiger partial charge in [0.05, 0.1) is 10.4 Å². The van der Waals surface area contributed by atoms with Gasteiger partial charge in [0.15, 0.2) is 12.0 Å². The number of carbonyl (C=O) groups is 1. The Kier molecular flexibility index (Phi) is 1.75. The molecule has 0 unspecified atom stereocenters. The zero-order chi connectivity index (χ0) is 8.39. The molecule has 0 saturated carbocycles. The summed E-state index contributed by atoms with van der Waals surface area (Å²) in [7, 11) is 0. The molecule has 2 heterocycles. The molecule has 0 aliphatic carbocycles. The molecule has 0 atom stereocenters. The second-order valence-electron chi connectivity index (χ2n) is 2.19. The molecule has 0 saturated heterocycles. The van der Waals surface area contributed by atoms with Crippen molar-refractivity contribution >= 4 is 17.6 Å². The minimum Gasteiger partial charge on any atom is -0.452 e. The Labute approximate surface area is 72.7 Å². The monoisotopic (exact) mass is 179 g/mol. The molecule has 2 aromatic heterocycles. The van der Waals surface area contributed by atoms with E-state index in [1.807, 2.05) is 0 Å². The largest absolute Gasteiger partial charge is 0.452 e. The van der Waals surface area contributed by atoms with Crippen molar-refractivity contribution in [1.29, 1.82) is 0 Å². The van der Waals surface area contributed by atoms with Crippen LogP contribution in [-0.2, 0) is 0 Å². The first-order valence-electron chi connectivity index (χ1n) is 3.34. The molecule has 0 aliphatic rings. The summed E-state index contributed by atoms with van der Waals surface area (Å²) in [6.45, 7) is 0. The van der Waals surface area contributed by atoms with Gasteiger partial charge in [-0.3, -0.25) is 9.78 Å². The molecule has 0 N–H and O–H groups in total. The van der Waals surface area contributed by atoms with Gasteiger partial charge in [0.2, 0.25) is 0 Å². The Morgan fingerprint density at radius 1 is 1.50 bits per heavy atom. The topological polar surface area (TPSA) is 43.1 Å². The number of hydrogen-bond donors (Lipinski definition) is 0. The first-order valence-corrected chi connectivity index (χ1v) is 4.22. The second kappa shape index (κ2) is 2.91. The molecule has 0 aliphatic heterocycles. The molecule has 60 valence electrons. The SMILES string of the molecule is O=Cc1ccc(-c2cncs2)o1. The number of furan rings is 1. The van der Waals surface area contributed by atoms with Crippen LogP contribution in [0.25, 0.3) is 10.6 Å². The third kappa shape index (κ3) is 1.16. The first kappa shape index (κ1) is 7.24. The molecule has 2 aromatic rings. The van der Waals surface area contributed by atoms with Crippen LogP contribution in [0.2, 0.25) is 0 Å². The van der Waals surface area contributed by atoms with Crippen molar-refractivity contribution in [2.75, 3.05) is 0 Å². The van der Waals surface area contributed by atoms with Crippen molar-refractivity contribution in [2.45, 2.75) is 0 Å². The molecule has 3 nitrogen and oxygen atoms in total. The minimum absolute atomic E-state index is 0.346. The molecule has 2 rings (SSSR count). The lowest BCUT2D eigenvalue weighted by Gasteiger charge is -1.85. The van der Waals surface area contributed by atoms with E-state index in [0.717, 1.165) is 4.88 Å². The zero-order valence-electron chi connectivity index (χ0n) is 6.06. The zero-order valence-corrected chi connectivity index (χ0v) is 6.88. The van der Waals surface area contributed by atoms with Crippen LogP contribution in [0, 0.1) is 0 Å². The number of hydrogen-bond acceptors (Lipinski definition) is 4. The summed E-state index contributed by atoms with van der Waals surface area (Å²) in [4.78, 5) is 15.1. The predicted molar refractivity (Wildman–Crippen MR) is 45.2 cm³/mol. The number of thiazole rings is 1. The van der Waals surface area contributed by atoms with Gasteiger partial charge < -0.3 is 4.42 Å². The fourth-order valence-corrected chi connectivity index (χ4v) is 1.47. The lowest BCUT2D eigenvalue weighted by molar-refractivity contribution is 0.110. The maximum Gasteiger partial charge on any atom is 0.185 e. The van der Waals surface area contributed by atoms with Crippen LogP contribution in [0.5, 0.6) is 0 Å². The van der Waals surface area contributed by atoms with Crippen LogP contribution in [0.15, 0.2) is 28.3 Å². The Balaban J connectivity index is 2.41. The molecule has 0 spiro atoms. The predicted octanol–water partition coefficient (Wildman–Crippen LogP) is 2.22. The van der Waals surface area contributed by atoms with Gasteiger partial charge in [-0.15, -0.1) is 11.3 Å². The summed E-state index contributed by atoms with van der Waals surface area (Å²) in [5.74, 6) is 1.04. The van der Waals surface area contributed by atoms with Crippen molar-refractivity contribution in [3.63, 3.8) is 0 Å². The van der Waals surface area contributed by atoms with Crippen LogP contribution in [0.1, 0.15) is 10.6 Å². The van der Waals surface area contributed by atoms with Gasteiger partial charge in [0.1, 0.15) is 5.76 Å². The van der Waals surface area contributed by atoms with Gasteiger partial charge in [-0.2, -0.15) is 0 Å². The smallest absolute Gasteiger partial charge is 0.185 e. The molecule has 12 heavy (non-hydrogen) atoms. The van der Waals surface area contributed by atoms with E-state index in [4.69, 9.17) is 4.42 Å². The van der Waals surface area contributed by atoms with Crippen LogP contribution >= 0.6 is 11.3 Å². The lowest BCUT2D eigenvalue weighted by Crippen LogP contribution is -1.67. The Morgan fingerprint density at radius 3 is 3.00 bits per heavy atom. The van der Waals surface area contributed by atoms with Crippen molar-refractivity contribution in [3.05, 3.63) is 29.6 Å². The molecular weight excluding hydrogens is 174 g/mol. The van der Waals surface area contributed by atoms with Gasteiger partial charge in [0, 0.05) is 6.20 Å². The molecule has 0 amide bonds. The highest BCUT2D eigenvalue weighted by Gasteiger charge is 2.04. The van der Waals surface area contributed by atoms with E-state index in [1.54, 1.807) is 23.8 Å². The van der Waals surface area contributed by atoms with Gasteiger partial charge in [0.25, 0.3) is 0 Å². The van der Waals surface area contributed by atoms with Gasteiger partial charge in [-0.25, -0.2) is 0 Å². The minimum atomic E-state index is 0.346. The summed E-state index contributed by atoms with van der Waals surface area (Å²) < 4.78 is 5.18. The molecule has 0 aromatic carbocycles. The highest BCUT2D eigenvalue weighted by molar-refractivity contribution is 7.13. The number of nitrogens with zero attached hydrogens (tertiary/aromatic N) is 1. The number of rotatable bonds is 2.